The molecule has 21 heavy (non-hydrogen) atoms. The molecule has 0 unspecified atom stereocenters. The van der Waals surface area contributed by atoms with E-state index in [9.17, 15) is 4.79 Å². The highest BCUT2D eigenvalue weighted by atomic mass is 16.1. The van der Waals surface area contributed by atoms with Gasteiger partial charge in [0.2, 0.25) is 0 Å². The van der Waals surface area contributed by atoms with Crippen LogP contribution in [-0.4, -0.2) is 6.29 Å². The van der Waals surface area contributed by atoms with Crippen molar-refractivity contribution in [2.24, 2.45) is 35.5 Å². The summed E-state index contributed by atoms with van der Waals surface area (Å²) in [5, 5.41) is 0. The van der Waals surface area contributed by atoms with E-state index >= 15 is 0 Å². The van der Waals surface area contributed by atoms with Crippen LogP contribution in [0.5, 0.6) is 0 Å². The van der Waals surface area contributed by atoms with Gasteiger partial charge in [0.25, 0.3) is 0 Å². The van der Waals surface area contributed by atoms with Gasteiger partial charge in [-0.05, 0) is 93.8 Å². The number of hydrogen-bond acceptors (Lipinski definition) is 1. The Morgan fingerprint density at radius 1 is 0.571 bits per heavy atom. The molecule has 0 aromatic rings. The first kappa shape index (κ1) is 15.6. The maximum atomic E-state index is 10.9. The third-order valence-corrected chi connectivity index (χ3v) is 7.22. The molecular formula is C20H34O. The summed E-state index contributed by atoms with van der Waals surface area (Å²) in [6, 6.07) is 0. The average Bonchev–Trinajstić information content (AvgIpc) is 2.56. The lowest BCUT2D eigenvalue weighted by molar-refractivity contribution is -0.112. The summed E-state index contributed by atoms with van der Waals surface area (Å²) in [6.45, 7) is 2.43. The molecule has 0 saturated heterocycles. The van der Waals surface area contributed by atoms with Gasteiger partial charge in [-0.2, -0.15) is 0 Å². The minimum Gasteiger partial charge on any atom is -0.303 e. The van der Waals surface area contributed by atoms with E-state index in [1.807, 2.05) is 0 Å². The van der Waals surface area contributed by atoms with Crippen LogP contribution in [0.3, 0.4) is 0 Å². The second-order valence-electron chi connectivity index (χ2n) is 8.51. The molecule has 0 aliphatic heterocycles. The van der Waals surface area contributed by atoms with Crippen LogP contribution in [0.1, 0.15) is 84.0 Å². The molecule has 0 N–H and O–H groups in total. The van der Waals surface area contributed by atoms with Gasteiger partial charge in [-0.25, -0.2) is 0 Å². The van der Waals surface area contributed by atoms with Crippen molar-refractivity contribution in [1.29, 1.82) is 0 Å². The van der Waals surface area contributed by atoms with Gasteiger partial charge in [0.05, 0.1) is 0 Å². The predicted molar refractivity (Wildman–Crippen MR) is 88.1 cm³/mol. The van der Waals surface area contributed by atoms with Gasteiger partial charge in [0, 0.05) is 5.92 Å². The Labute approximate surface area is 131 Å². The zero-order valence-electron chi connectivity index (χ0n) is 13.9. The Bertz CT molecular complexity index is 313. The topological polar surface area (TPSA) is 17.1 Å². The number of carbonyl (C=O) groups excluding carboxylic acids is 1. The summed E-state index contributed by atoms with van der Waals surface area (Å²) in [4.78, 5) is 10.9. The fraction of sp³-hybridized carbons (Fsp3) is 0.950. The van der Waals surface area contributed by atoms with Crippen molar-refractivity contribution >= 4 is 6.29 Å². The lowest BCUT2D eigenvalue weighted by Gasteiger charge is -2.40. The smallest absolute Gasteiger partial charge is 0.123 e. The molecule has 3 rings (SSSR count). The molecule has 0 aromatic heterocycles. The molecule has 0 heterocycles. The van der Waals surface area contributed by atoms with Gasteiger partial charge in [0.15, 0.2) is 0 Å². The molecule has 0 amide bonds. The van der Waals surface area contributed by atoms with Crippen molar-refractivity contribution < 1.29 is 4.79 Å². The summed E-state index contributed by atoms with van der Waals surface area (Å²) in [7, 11) is 0. The van der Waals surface area contributed by atoms with Crippen LogP contribution < -0.4 is 0 Å². The Hall–Kier alpha value is -0.330. The minimum absolute atomic E-state index is 0.391. The molecule has 1 nitrogen and oxygen atoms in total. The van der Waals surface area contributed by atoms with Crippen molar-refractivity contribution in [3.8, 4) is 0 Å². The normalized spacial score (nSPS) is 45.2. The molecule has 1 heteroatoms. The first-order valence-electron chi connectivity index (χ1n) is 9.71. The zero-order chi connectivity index (χ0) is 14.7. The summed E-state index contributed by atoms with van der Waals surface area (Å²) >= 11 is 0. The van der Waals surface area contributed by atoms with E-state index in [0.29, 0.717) is 5.92 Å². The highest BCUT2D eigenvalue weighted by Crippen LogP contribution is 2.45. The van der Waals surface area contributed by atoms with Gasteiger partial charge >= 0.3 is 0 Å². The Morgan fingerprint density at radius 3 is 1.29 bits per heavy atom. The first-order chi connectivity index (χ1) is 10.3. The summed E-state index contributed by atoms with van der Waals surface area (Å²) in [6.07, 6.45) is 18.2. The van der Waals surface area contributed by atoms with Crippen molar-refractivity contribution in [1.82, 2.24) is 0 Å². The monoisotopic (exact) mass is 290 g/mol. The molecule has 0 radical (unpaired) electrons. The van der Waals surface area contributed by atoms with E-state index in [1.165, 1.54) is 83.3 Å². The third-order valence-electron chi connectivity index (χ3n) is 7.22. The fourth-order valence-electron chi connectivity index (χ4n) is 5.60. The van der Waals surface area contributed by atoms with Gasteiger partial charge in [0.1, 0.15) is 6.29 Å². The molecule has 3 aliphatic carbocycles. The molecule has 0 bridgehead atoms. The zero-order valence-corrected chi connectivity index (χ0v) is 13.9. The van der Waals surface area contributed by atoms with Crippen LogP contribution >= 0.6 is 0 Å². The average molecular weight is 290 g/mol. The van der Waals surface area contributed by atoms with Gasteiger partial charge in [-0.3, -0.25) is 0 Å². The Morgan fingerprint density at radius 2 is 0.905 bits per heavy atom. The van der Waals surface area contributed by atoms with E-state index in [1.54, 1.807) is 0 Å². The van der Waals surface area contributed by atoms with Gasteiger partial charge in [-0.1, -0.05) is 19.8 Å². The van der Waals surface area contributed by atoms with E-state index in [4.69, 9.17) is 0 Å². The van der Waals surface area contributed by atoms with Crippen LogP contribution in [0, 0.1) is 35.5 Å². The Balaban J connectivity index is 1.42. The van der Waals surface area contributed by atoms with Crippen LogP contribution in [0.25, 0.3) is 0 Å². The van der Waals surface area contributed by atoms with Crippen LogP contribution in [0.2, 0.25) is 0 Å². The number of hydrogen-bond donors (Lipinski definition) is 0. The molecule has 3 saturated carbocycles. The second-order valence-corrected chi connectivity index (χ2v) is 8.51. The molecule has 0 spiro atoms. The van der Waals surface area contributed by atoms with E-state index in [0.717, 1.165) is 29.6 Å². The minimum atomic E-state index is 0.391. The maximum Gasteiger partial charge on any atom is 0.123 e. The third kappa shape index (κ3) is 3.90. The highest BCUT2D eigenvalue weighted by Gasteiger charge is 2.34. The largest absolute Gasteiger partial charge is 0.303 e. The molecular weight excluding hydrogens is 256 g/mol. The van der Waals surface area contributed by atoms with Crippen molar-refractivity contribution in [2.45, 2.75) is 84.0 Å². The lowest BCUT2D eigenvalue weighted by Crippen LogP contribution is -2.29. The summed E-state index contributed by atoms with van der Waals surface area (Å²) < 4.78 is 0. The first-order valence-corrected chi connectivity index (χ1v) is 9.71. The lowest BCUT2D eigenvalue weighted by atomic mass is 9.65. The SMILES string of the molecule is CC1CCC(C2CCC(C3CCC(C=O)CC3)CC2)CC1. The fourth-order valence-corrected chi connectivity index (χ4v) is 5.60. The van der Waals surface area contributed by atoms with Crippen molar-refractivity contribution in [3.63, 3.8) is 0 Å². The van der Waals surface area contributed by atoms with E-state index < -0.39 is 0 Å². The molecule has 0 aromatic carbocycles. The van der Waals surface area contributed by atoms with Crippen LogP contribution in [0.4, 0.5) is 0 Å². The van der Waals surface area contributed by atoms with Crippen molar-refractivity contribution in [3.05, 3.63) is 0 Å². The van der Waals surface area contributed by atoms with Gasteiger partial charge in [-0.15, -0.1) is 0 Å². The van der Waals surface area contributed by atoms with Gasteiger partial charge < -0.3 is 4.79 Å². The summed E-state index contributed by atoms with van der Waals surface area (Å²) in [5.74, 6) is 5.45. The summed E-state index contributed by atoms with van der Waals surface area (Å²) in [5.41, 5.74) is 0. The predicted octanol–water partition coefficient (Wildman–Crippen LogP) is 5.62. The molecule has 3 fully saturated rings. The molecule has 3 aliphatic rings. The van der Waals surface area contributed by atoms with E-state index in [-0.39, 0.29) is 0 Å². The second kappa shape index (κ2) is 7.29. The molecule has 0 atom stereocenters. The maximum absolute atomic E-state index is 10.9. The quantitative estimate of drug-likeness (QED) is 0.616. The number of aldehydes is 1. The standard InChI is InChI=1S/C20H34O/c1-15-2-6-17(7-3-15)19-10-12-20(13-11-19)18-8-4-16(14-21)5-9-18/h14-20H,2-13H2,1H3. The van der Waals surface area contributed by atoms with Crippen LogP contribution in [-0.2, 0) is 4.79 Å². The van der Waals surface area contributed by atoms with E-state index in [2.05, 4.69) is 6.92 Å². The number of carbonyl (C=O) groups is 1. The Kier molecular flexibility index (Phi) is 5.40. The number of rotatable bonds is 3. The highest BCUT2D eigenvalue weighted by molar-refractivity contribution is 5.53. The van der Waals surface area contributed by atoms with Crippen LogP contribution in [0.15, 0.2) is 0 Å². The van der Waals surface area contributed by atoms with Crippen molar-refractivity contribution in [2.75, 3.05) is 0 Å². The molecule has 120 valence electrons.